The third-order valence-corrected chi connectivity index (χ3v) is 4.37. The molecule has 1 atom stereocenters. The van der Waals surface area contributed by atoms with Gasteiger partial charge in [-0.1, -0.05) is 0 Å². The second kappa shape index (κ2) is 6.95. The molecule has 134 valence electrons. The van der Waals surface area contributed by atoms with Gasteiger partial charge in [0.1, 0.15) is 5.82 Å². The van der Waals surface area contributed by atoms with Gasteiger partial charge in [-0.3, -0.25) is 0 Å². The lowest BCUT2D eigenvalue weighted by Gasteiger charge is -2.20. The van der Waals surface area contributed by atoms with Crippen LogP contribution < -0.4 is 5.32 Å². The molecule has 0 saturated carbocycles. The number of hydrogen-bond donors (Lipinski definition) is 1. The zero-order chi connectivity index (χ0) is 18.0. The second-order valence-electron chi connectivity index (χ2n) is 6.43. The molecule has 1 fully saturated rings. The van der Waals surface area contributed by atoms with Crippen LogP contribution in [0, 0.1) is 0 Å². The first kappa shape index (κ1) is 17.6. The van der Waals surface area contributed by atoms with Gasteiger partial charge in [0.2, 0.25) is 5.95 Å². The standard InChI is InChI=1S/C17H20F3N5/c1-11(2)25-8-5-12(10-25)14-4-7-22-16(23-14)24-15-9-13(3-6-21-15)17(18,19)20/h3-4,6-7,9,11-12H,5,8,10H2,1-2H3,(H,21,22,23,24)/t12-/m1/s1. The van der Waals surface area contributed by atoms with Crippen LogP contribution >= 0.6 is 0 Å². The average Bonchev–Trinajstić information content (AvgIpc) is 3.05. The van der Waals surface area contributed by atoms with Gasteiger partial charge in [-0.05, 0) is 45.0 Å². The van der Waals surface area contributed by atoms with Gasteiger partial charge in [0.05, 0.1) is 11.3 Å². The molecule has 2 aromatic rings. The highest BCUT2D eigenvalue weighted by Crippen LogP contribution is 2.31. The van der Waals surface area contributed by atoms with Crippen molar-refractivity contribution in [3.8, 4) is 0 Å². The Morgan fingerprint density at radius 2 is 1.96 bits per heavy atom. The molecule has 0 amide bonds. The highest BCUT2D eigenvalue weighted by Gasteiger charge is 2.31. The summed E-state index contributed by atoms with van der Waals surface area (Å²) < 4.78 is 38.4. The lowest BCUT2D eigenvalue weighted by molar-refractivity contribution is -0.137. The SMILES string of the molecule is CC(C)N1CC[C@@H](c2ccnc(Nc3cc(C(F)(F)F)ccn3)n2)C1. The van der Waals surface area contributed by atoms with Crippen LogP contribution in [-0.2, 0) is 6.18 Å². The van der Waals surface area contributed by atoms with Gasteiger partial charge in [0.15, 0.2) is 0 Å². The van der Waals surface area contributed by atoms with E-state index in [9.17, 15) is 13.2 Å². The molecule has 2 aromatic heterocycles. The highest BCUT2D eigenvalue weighted by atomic mass is 19.4. The van der Waals surface area contributed by atoms with Gasteiger partial charge in [-0.25, -0.2) is 15.0 Å². The Morgan fingerprint density at radius 3 is 2.64 bits per heavy atom. The van der Waals surface area contributed by atoms with Gasteiger partial charge in [0, 0.05) is 30.9 Å². The van der Waals surface area contributed by atoms with Crippen molar-refractivity contribution >= 4 is 11.8 Å². The molecular weight excluding hydrogens is 331 g/mol. The van der Waals surface area contributed by atoms with Crippen molar-refractivity contribution in [2.45, 2.75) is 38.4 Å². The van der Waals surface area contributed by atoms with Gasteiger partial charge >= 0.3 is 6.18 Å². The van der Waals surface area contributed by atoms with Crippen molar-refractivity contribution in [1.29, 1.82) is 0 Å². The first-order chi connectivity index (χ1) is 11.8. The average molecular weight is 351 g/mol. The molecule has 0 bridgehead atoms. The molecule has 3 rings (SSSR count). The number of rotatable bonds is 4. The van der Waals surface area contributed by atoms with Crippen LogP contribution in [0.3, 0.4) is 0 Å². The van der Waals surface area contributed by atoms with Crippen molar-refractivity contribution in [2.75, 3.05) is 18.4 Å². The predicted octanol–water partition coefficient (Wildman–Crippen LogP) is 3.83. The zero-order valence-electron chi connectivity index (χ0n) is 14.1. The topological polar surface area (TPSA) is 53.9 Å². The van der Waals surface area contributed by atoms with Crippen LogP contribution in [0.1, 0.15) is 37.4 Å². The van der Waals surface area contributed by atoms with Crippen molar-refractivity contribution < 1.29 is 13.2 Å². The summed E-state index contributed by atoms with van der Waals surface area (Å²) in [5.74, 6) is 0.634. The Bertz CT molecular complexity index is 732. The molecule has 8 heteroatoms. The predicted molar refractivity (Wildman–Crippen MR) is 88.6 cm³/mol. The van der Waals surface area contributed by atoms with Crippen LogP contribution in [0.4, 0.5) is 24.9 Å². The molecule has 1 aliphatic heterocycles. The Morgan fingerprint density at radius 1 is 1.20 bits per heavy atom. The first-order valence-electron chi connectivity index (χ1n) is 8.20. The van der Waals surface area contributed by atoms with Crippen LogP contribution in [0.15, 0.2) is 30.6 Å². The van der Waals surface area contributed by atoms with E-state index in [0.717, 1.165) is 43.5 Å². The molecule has 1 saturated heterocycles. The lowest BCUT2D eigenvalue weighted by Crippen LogP contribution is -2.28. The fourth-order valence-electron chi connectivity index (χ4n) is 2.95. The van der Waals surface area contributed by atoms with E-state index in [1.54, 1.807) is 6.20 Å². The quantitative estimate of drug-likeness (QED) is 0.907. The molecule has 25 heavy (non-hydrogen) atoms. The minimum absolute atomic E-state index is 0.0715. The Kier molecular flexibility index (Phi) is 4.89. The summed E-state index contributed by atoms with van der Waals surface area (Å²) in [4.78, 5) is 14.9. The van der Waals surface area contributed by atoms with E-state index in [-0.39, 0.29) is 11.8 Å². The van der Waals surface area contributed by atoms with Crippen LogP contribution in [-0.4, -0.2) is 39.0 Å². The molecule has 3 heterocycles. The largest absolute Gasteiger partial charge is 0.416 e. The summed E-state index contributed by atoms with van der Waals surface area (Å²) in [7, 11) is 0. The van der Waals surface area contributed by atoms with Gasteiger partial charge < -0.3 is 10.2 Å². The van der Waals surface area contributed by atoms with Gasteiger partial charge in [0.25, 0.3) is 0 Å². The summed E-state index contributed by atoms with van der Waals surface area (Å²) in [5, 5.41) is 2.77. The number of anilines is 2. The van der Waals surface area contributed by atoms with Gasteiger partial charge in [-0.2, -0.15) is 13.2 Å². The van der Waals surface area contributed by atoms with E-state index < -0.39 is 11.7 Å². The summed E-state index contributed by atoms with van der Waals surface area (Å²) in [6, 6.07) is 4.23. The number of halogens is 3. The van der Waals surface area contributed by atoms with Crippen molar-refractivity contribution in [2.24, 2.45) is 0 Å². The molecular formula is C17H20F3N5. The number of hydrogen-bond acceptors (Lipinski definition) is 5. The van der Waals surface area contributed by atoms with E-state index in [1.165, 1.54) is 0 Å². The summed E-state index contributed by atoms with van der Waals surface area (Å²) in [6.07, 6.45) is -0.661. The number of nitrogens with one attached hydrogen (secondary N) is 1. The summed E-state index contributed by atoms with van der Waals surface area (Å²) >= 11 is 0. The van der Waals surface area contributed by atoms with E-state index in [1.807, 2.05) is 6.07 Å². The van der Waals surface area contributed by atoms with Crippen molar-refractivity contribution in [1.82, 2.24) is 19.9 Å². The number of nitrogens with zero attached hydrogens (tertiary/aromatic N) is 4. The monoisotopic (exact) mass is 351 g/mol. The first-order valence-corrected chi connectivity index (χ1v) is 8.20. The molecule has 1 aliphatic rings. The van der Waals surface area contributed by atoms with Crippen LogP contribution in [0.5, 0.6) is 0 Å². The number of aromatic nitrogens is 3. The molecule has 0 spiro atoms. The van der Waals surface area contributed by atoms with E-state index >= 15 is 0 Å². The van der Waals surface area contributed by atoms with E-state index in [2.05, 4.69) is 39.0 Å². The molecule has 0 radical (unpaired) electrons. The summed E-state index contributed by atoms with van der Waals surface area (Å²) in [6.45, 7) is 6.27. The Balaban J connectivity index is 1.75. The number of alkyl halides is 3. The third kappa shape index (κ3) is 4.25. The molecule has 5 nitrogen and oxygen atoms in total. The number of pyridine rings is 1. The minimum atomic E-state index is -4.41. The summed E-state index contributed by atoms with van der Waals surface area (Å²) in [5.41, 5.74) is 0.136. The van der Waals surface area contributed by atoms with E-state index in [0.29, 0.717) is 12.0 Å². The van der Waals surface area contributed by atoms with E-state index in [4.69, 9.17) is 0 Å². The second-order valence-corrected chi connectivity index (χ2v) is 6.43. The fourth-order valence-corrected chi connectivity index (χ4v) is 2.95. The lowest BCUT2D eigenvalue weighted by atomic mass is 10.1. The smallest absolute Gasteiger partial charge is 0.309 e. The normalized spacial score (nSPS) is 18.7. The fraction of sp³-hybridized carbons (Fsp3) is 0.471. The molecule has 0 unspecified atom stereocenters. The molecule has 1 N–H and O–H groups in total. The van der Waals surface area contributed by atoms with Gasteiger partial charge in [-0.15, -0.1) is 0 Å². The highest BCUT2D eigenvalue weighted by molar-refractivity contribution is 5.49. The Hall–Kier alpha value is -2.22. The zero-order valence-corrected chi connectivity index (χ0v) is 14.1. The van der Waals surface area contributed by atoms with Crippen LogP contribution in [0.25, 0.3) is 0 Å². The van der Waals surface area contributed by atoms with Crippen molar-refractivity contribution in [3.05, 3.63) is 41.9 Å². The van der Waals surface area contributed by atoms with Crippen molar-refractivity contribution in [3.63, 3.8) is 0 Å². The number of likely N-dealkylation sites (tertiary alicyclic amines) is 1. The maximum absolute atomic E-state index is 12.8. The van der Waals surface area contributed by atoms with Crippen LogP contribution in [0.2, 0.25) is 0 Å². The minimum Gasteiger partial charge on any atom is -0.309 e. The maximum Gasteiger partial charge on any atom is 0.416 e. The maximum atomic E-state index is 12.8. The Labute approximate surface area is 144 Å². The third-order valence-electron chi connectivity index (χ3n) is 4.37. The molecule has 0 aliphatic carbocycles. The molecule has 0 aromatic carbocycles.